The van der Waals surface area contributed by atoms with Crippen molar-refractivity contribution < 1.29 is 9.59 Å². The van der Waals surface area contributed by atoms with Crippen molar-refractivity contribution in [2.24, 2.45) is 11.5 Å². The smallest absolute Gasteiger partial charge is 0.251 e. The van der Waals surface area contributed by atoms with Gasteiger partial charge in [0.05, 0.1) is 0 Å². The molecule has 0 saturated heterocycles. The predicted octanol–water partition coefficient (Wildman–Crippen LogP) is 1.58. The van der Waals surface area contributed by atoms with Gasteiger partial charge in [0.25, 0.3) is 5.91 Å². The third-order valence-corrected chi connectivity index (χ3v) is 3.36. The van der Waals surface area contributed by atoms with Crippen molar-refractivity contribution in [2.45, 2.75) is 18.9 Å². The Kier molecular flexibility index (Phi) is 6.82. The van der Waals surface area contributed by atoms with E-state index in [4.69, 9.17) is 11.5 Å². The van der Waals surface area contributed by atoms with E-state index in [1.54, 1.807) is 12.1 Å². The van der Waals surface area contributed by atoms with Gasteiger partial charge in [0, 0.05) is 5.56 Å². The fourth-order valence-corrected chi connectivity index (χ4v) is 2.18. The van der Waals surface area contributed by atoms with Gasteiger partial charge in [-0.2, -0.15) is 0 Å². The van der Waals surface area contributed by atoms with Crippen LogP contribution in [0.25, 0.3) is 10.8 Å². The van der Waals surface area contributed by atoms with Crippen molar-refractivity contribution in [3.05, 3.63) is 48.0 Å². The lowest BCUT2D eigenvalue weighted by Crippen LogP contribution is -2.44. The predicted molar refractivity (Wildman–Crippen MR) is 89.9 cm³/mol. The monoisotopic (exact) mass is 321 g/mol. The van der Waals surface area contributed by atoms with Crippen LogP contribution in [0.5, 0.6) is 0 Å². The highest BCUT2D eigenvalue weighted by molar-refractivity contribution is 6.00. The van der Waals surface area contributed by atoms with Gasteiger partial charge in [0.15, 0.2) is 0 Å². The number of nitrogens with one attached hydrogen (secondary N) is 1. The molecule has 5 N–H and O–H groups in total. The first-order valence-corrected chi connectivity index (χ1v) is 6.91. The summed E-state index contributed by atoms with van der Waals surface area (Å²) in [5.74, 6) is -0.848. The van der Waals surface area contributed by atoms with Crippen molar-refractivity contribution in [2.75, 3.05) is 6.54 Å². The first-order chi connectivity index (χ1) is 10.1. The Morgan fingerprint density at radius 3 is 2.41 bits per heavy atom. The zero-order valence-corrected chi connectivity index (χ0v) is 12.9. The molecule has 1 atom stereocenters. The van der Waals surface area contributed by atoms with Crippen LogP contribution < -0.4 is 16.8 Å². The average Bonchev–Trinajstić information content (AvgIpc) is 2.50. The number of rotatable bonds is 6. The zero-order valence-electron chi connectivity index (χ0n) is 12.1. The van der Waals surface area contributed by atoms with E-state index < -0.39 is 11.9 Å². The lowest BCUT2D eigenvalue weighted by Gasteiger charge is -2.15. The normalized spacial score (nSPS) is 11.5. The molecule has 118 valence electrons. The van der Waals surface area contributed by atoms with Crippen LogP contribution in [0.1, 0.15) is 23.2 Å². The Labute approximate surface area is 135 Å². The quantitative estimate of drug-likeness (QED) is 0.753. The number of benzene rings is 2. The molecule has 0 radical (unpaired) electrons. The molecule has 0 bridgehead atoms. The molecule has 0 aliphatic rings. The molecule has 0 heterocycles. The van der Waals surface area contributed by atoms with Gasteiger partial charge in [-0.05, 0) is 42.3 Å². The highest BCUT2D eigenvalue weighted by Crippen LogP contribution is 2.15. The summed E-state index contributed by atoms with van der Waals surface area (Å²) >= 11 is 0. The molecule has 2 amide bonds. The van der Waals surface area contributed by atoms with E-state index in [0.29, 0.717) is 24.9 Å². The fourth-order valence-electron chi connectivity index (χ4n) is 2.18. The molecule has 0 aliphatic carbocycles. The summed E-state index contributed by atoms with van der Waals surface area (Å²) < 4.78 is 0. The minimum absolute atomic E-state index is 0. The lowest BCUT2D eigenvalue weighted by molar-refractivity contribution is -0.120. The third kappa shape index (κ3) is 4.44. The maximum Gasteiger partial charge on any atom is 0.251 e. The number of nitrogens with two attached hydrogens (primary N) is 2. The second-order valence-electron chi connectivity index (χ2n) is 4.92. The summed E-state index contributed by atoms with van der Waals surface area (Å²) in [4.78, 5) is 23.6. The molecule has 6 heteroatoms. The number of primary amides is 1. The van der Waals surface area contributed by atoms with Gasteiger partial charge >= 0.3 is 0 Å². The van der Waals surface area contributed by atoms with E-state index in [2.05, 4.69) is 5.32 Å². The van der Waals surface area contributed by atoms with Crippen molar-refractivity contribution in [3.63, 3.8) is 0 Å². The molecule has 0 aromatic heterocycles. The van der Waals surface area contributed by atoms with Crippen LogP contribution >= 0.6 is 12.4 Å². The van der Waals surface area contributed by atoms with E-state index >= 15 is 0 Å². The van der Waals surface area contributed by atoms with Gasteiger partial charge in [-0.1, -0.05) is 30.3 Å². The van der Waals surface area contributed by atoms with Gasteiger partial charge in [0.2, 0.25) is 5.91 Å². The van der Waals surface area contributed by atoms with Crippen molar-refractivity contribution in [1.29, 1.82) is 0 Å². The van der Waals surface area contributed by atoms with Crippen molar-refractivity contribution in [1.82, 2.24) is 5.32 Å². The molecule has 0 unspecified atom stereocenters. The minimum Gasteiger partial charge on any atom is -0.368 e. The molecule has 2 rings (SSSR count). The van der Waals surface area contributed by atoms with E-state index in [9.17, 15) is 9.59 Å². The van der Waals surface area contributed by atoms with Crippen molar-refractivity contribution >= 4 is 35.0 Å². The SMILES string of the molecule is Cl.NCCC[C@H](NC(=O)c1ccc2ccccc2c1)C(N)=O. The van der Waals surface area contributed by atoms with Crippen LogP contribution in [-0.4, -0.2) is 24.4 Å². The Bertz CT molecular complexity index is 661. The maximum atomic E-state index is 12.2. The molecule has 2 aromatic carbocycles. The van der Waals surface area contributed by atoms with Crippen LogP contribution in [0.2, 0.25) is 0 Å². The van der Waals surface area contributed by atoms with Crippen LogP contribution in [0.4, 0.5) is 0 Å². The summed E-state index contributed by atoms with van der Waals surface area (Å²) in [6.45, 7) is 0.454. The summed E-state index contributed by atoms with van der Waals surface area (Å²) in [6.07, 6.45) is 1.08. The van der Waals surface area contributed by atoms with E-state index in [1.165, 1.54) is 0 Å². The van der Waals surface area contributed by atoms with E-state index in [-0.39, 0.29) is 18.3 Å². The topological polar surface area (TPSA) is 98.2 Å². The largest absolute Gasteiger partial charge is 0.368 e. The minimum atomic E-state index is -0.687. The zero-order chi connectivity index (χ0) is 15.2. The van der Waals surface area contributed by atoms with Gasteiger partial charge in [-0.3, -0.25) is 9.59 Å². The molecule has 22 heavy (non-hydrogen) atoms. The molecule has 0 spiro atoms. The Balaban J connectivity index is 0.00000242. The molecule has 5 nitrogen and oxygen atoms in total. The van der Waals surface area contributed by atoms with E-state index in [0.717, 1.165) is 10.8 Å². The number of fused-ring (bicyclic) bond motifs is 1. The highest BCUT2D eigenvalue weighted by atomic mass is 35.5. The molecular weight excluding hydrogens is 302 g/mol. The number of carbonyl (C=O) groups is 2. The Morgan fingerprint density at radius 1 is 1.09 bits per heavy atom. The number of hydrogen-bond donors (Lipinski definition) is 3. The summed E-state index contributed by atoms with van der Waals surface area (Å²) in [7, 11) is 0. The van der Waals surface area contributed by atoms with Gasteiger partial charge < -0.3 is 16.8 Å². The van der Waals surface area contributed by atoms with Crippen LogP contribution in [-0.2, 0) is 4.79 Å². The Hall–Kier alpha value is -2.11. The average molecular weight is 322 g/mol. The fraction of sp³-hybridized carbons (Fsp3) is 0.250. The van der Waals surface area contributed by atoms with Gasteiger partial charge in [0.1, 0.15) is 6.04 Å². The number of hydrogen-bond acceptors (Lipinski definition) is 3. The number of amides is 2. The molecule has 0 aliphatic heterocycles. The van der Waals surface area contributed by atoms with Crippen molar-refractivity contribution in [3.8, 4) is 0 Å². The summed E-state index contributed by atoms with van der Waals surface area (Å²) in [6, 6.07) is 12.5. The molecular formula is C16H20ClN3O2. The first-order valence-electron chi connectivity index (χ1n) is 6.91. The third-order valence-electron chi connectivity index (χ3n) is 3.36. The van der Waals surface area contributed by atoms with E-state index in [1.807, 2.05) is 30.3 Å². The summed E-state index contributed by atoms with van der Waals surface area (Å²) in [5.41, 5.74) is 11.2. The second kappa shape index (κ2) is 8.36. The van der Waals surface area contributed by atoms with Gasteiger partial charge in [-0.15, -0.1) is 12.4 Å². The van der Waals surface area contributed by atoms with Gasteiger partial charge in [-0.25, -0.2) is 0 Å². The van der Waals surface area contributed by atoms with Crippen LogP contribution in [0.15, 0.2) is 42.5 Å². The molecule has 0 saturated carbocycles. The van der Waals surface area contributed by atoms with Crippen LogP contribution in [0.3, 0.4) is 0 Å². The number of halogens is 1. The highest BCUT2D eigenvalue weighted by Gasteiger charge is 2.18. The lowest BCUT2D eigenvalue weighted by atomic mass is 10.1. The first kappa shape index (κ1) is 17.9. The maximum absolute atomic E-state index is 12.2. The number of carbonyl (C=O) groups excluding carboxylic acids is 2. The summed E-state index contributed by atoms with van der Waals surface area (Å²) in [5, 5.41) is 4.70. The molecule has 0 fully saturated rings. The molecule has 2 aromatic rings. The Morgan fingerprint density at radius 2 is 1.77 bits per heavy atom. The standard InChI is InChI=1S/C16H19N3O2.ClH/c17-9-3-6-14(15(18)20)19-16(21)13-8-7-11-4-1-2-5-12(11)10-13;/h1-2,4-5,7-8,10,14H,3,6,9,17H2,(H2,18,20)(H,19,21);1H/t14-;/m0./s1. The van der Waals surface area contributed by atoms with Crippen LogP contribution in [0, 0.1) is 0 Å². The second-order valence-corrected chi connectivity index (χ2v) is 4.92.